The van der Waals surface area contributed by atoms with Crippen LogP contribution in [0.2, 0.25) is 0 Å². The van der Waals surface area contributed by atoms with E-state index in [0.717, 1.165) is 16.7 Å². The molecule has 0 aliphatic heterocycles. The predicted octanol–water partition coefficient (Wildman–Crippen LogP) is 3.17. The summed E-state index contributed by atoms with van der Waals surface area (Å²) in [5, 5.41) is 13.2. The quantitative estimate of drug-likeness (QED) is 0.886. The minimum Gasteiger partial charge on any atom is -0.390 e. The number of rotatable bonds is 5. The summed E-state index contributed by atoms with van der Waals surface area (Å²) in [6.45, 7) is 1.98. The lowest BCUT2D eigenvalue weighted by Crippen LogP contribution is -2.34. The standard InChI is InChI=1S/C20H22FNO2/c1-13(9-14-5-4-7-16(21)11-14)10-19(24)22-20-17-8-3-2-6-15(17)12-18(20)23/h2-8,11,13,18,20,23H,9-10,12H2,1H3,(H,22,24). The van der Waals surface area contributed by atoms with Crippen molar-refractivity contribution in [3.63, 3.8) is 0 Å². The Balaban J connectivity index is 1.58. The van der Waals surface area contributed by atoms with Gasteiger partial charge in [-0.1, -0.05) is 43.3 Å². The van der Waals surface area contributed by atoms with Gasteiger partial charge in [-0.2, -0.15) is 0 Å². The number of hydrogen-bond donors (Lipinski definition) is 2. The van der Waals surface area contributed by atoms with Crippen molar-refractivity contribution in [1.82, 2.24) is 5.32 Å². The highest BCUT2D eigenvalue weighted by molar-refractivity contribution is 5.77. The molecule has 0 bridgehead atoms. The number of nitrogens with one attached hydrogen (secondary N) is 1. The van der Waals surface area contributed by atoms with Gasteiger partial charge in [0.25, 0.3) is 0 Å². The second-order valence-corrected chi connectivity index (χ2v) is 6.66. The molecule has 3 atom stereocenters. The highest BCUT2D eigenvalue weighted by Crippen LogP contribution is 2.31. The van der Waals surface area contributed by atoms with E-state index >= 15 is 0 Å². The first kappa shape index (κ1) is 16.7. The summed E-state index contributed by atoms with van der Waals surface area (Å²) in [7, 11) is 0. The molecule has 4 heteroatoms. The van der Waals surface area contributed by atoms with Gasteiger partial charge in [0.15, 0.2) is 0 Å². The Morgan fingerprint density at radius 3 is 2.88 bits per heavy atom. The lowest BCUT2D eigenvalue weighted by atomic mass is 9.97. The molecule has 0 heterocycles. The first-order valence-electron chi connectivity index (χ1n) is 8.32. The molecule has 24 heavy (non-hydrogen) atoms. The minimum absolute atomic E-state index is 0.0837. The lowest BCUT2D eigenvalue weighted by molar-refractivity contribution is -0.123. The molecule has 0 radical (unpaired) electrons. The third-order valence-electron chi connectivity index (χ3n) is 4.53. The third kappa shape index (κ3) is 3.82. The number of aliphatic hydroxyl groups is 1. The third-order valence-corrected chi connectivity index (χ3v) is 4.53. The van der Waals surface area contributed by atoms with Gasteiger partial charge in [0.2, 0.25) is 5.91 Å². The van der Waals surface area contributed by atoms with Crippen LogP contribution in [0.25, 0.3) is 0 Å². The normalized spacial score (nSPS) is 20.5. The van der Waals surface area contributed by atoms with E-state index in [1.54, 1.807) is 6.07 Å². The number of halogens is 1. The molecule has 0 fully saturated rings. The fourth-order valence-corrected chi connectivity index (χ4v) is 3.44. The van der Waals surface area contributed by atoms with E-state index in [1.165, 1.54) is 12.1 Å². The van der Waals surface area contributed by atoms with Crippen LogP contribution in [0.3, 0.4) is 0 Å². The second kappa shape index (κ2) is 7.14. The highest BCUT2D eigenvalue weighted by Gasteiger charge is 2.31. The predicted molar refractivity (Wildman–Crippen MR) is 90.9 cm³/mol. The monoisotopic (exact) mass is 327 g/mol. The summed E-state index contributed by atoms with van der Waals surface area (Å²) in [5.41, 5.74) is 2.97. The van der Waals surface area contributed by atoms with Gasteiger partial charge in [-0.3, -0.25) is 4.79 Å². The van der Waals surface area contributed by atoms with Gasteiger partial charge >= 0.3 is 0 Å². The highest BCUT2D eigenvalue weighted by atomic mass is 19.1. The zero-order chi connectivity index (χ0) is 17.1. The van der Waals surface area contributed by atoms with Crippen LogP contribution in [0.5, 0.6) is 0 Å². The van der Waals surface area contributed by atoms with Gasteiger partial charge < -0.3 is 10.4 Å². The summed E-state index contributed by atoms with van der Waals surface area (Å²) in [4.78, 5) is 12.3. The first-order chi connectivity index (χ1) is 11.5. The Hall–Kier alpha value is -2.20. The zero-order valence-electron chi connectivity index (χ0n) is 13.7. The Morgan fingerprint density at radius 1 is 1.29 bits per heavy atom. The zero-order valence-corrected chi connectivity index (χ0v) is 13.7. The van der Waals surface area contributed by atoms with Gasteiger partial charge in [-0.05, 0) is 41.2 Å². The second-order valence-electron chi connectivity index (χ2n) is 6.66. The van der Waals surface area contributed by atoms with Crippen molar-refractivity contribution in [2.75, 3.05) is 0 Å². The van der Waals surface area contributed by atoms with Crippen molar-refractivity contribution < 1.29 is 14.3 Å². The maximum atomic E-state index is 13.2. The SMILES string of the molecule is CC(CC(=O)NC1c2ccccc2CC1O)Cc1cccc(F)c1. The van der Waals surface area contributed by atoms with Crippen LogP contribution in [0.1, 0.15) is 36.1 Å². The number of carbonyl (C=O) groups is 1. The van der Waals surface area contributed by atoms with Crippen molar-refractivity contribution in [1.29, 1.82) is 0 Å². The van der Waals surface area contributed by atoms with E-state index in [0.29, 0.717) is 19.3 Å². The average Bonchev–Trinajstić information content (AvgIpc) is 2.83. The van der Waals surface area contributed by atoms with E-state index in [9.17, 15) is 14.3 Å². The van der Waals surface area contributed by atoms with Crippen LogP contribution in [-0.2, 0) is 17.6 Å². The van der Waals surface area contributed by atoms with Gasteiger partial charge in [0, 0.05) is 12.8 Å². The molecule has 2 aromatic carbocycles. The fraction of sp³-hybridized carbons (Fsp3) is 0.350. The van der Waals surface area contributed by atoms with Crippen molar-refractivity contribution >= 4 is 5.91 Å². The lowest BCUT2D eigenvalue weighted by Gasteiger charge is -2.19. The van der Waals surface area contributed by atoms with Crippen molar-refractivity contribution in [3.8, 4) is 0 Å². The Kier molecular flexibility index (Phi) is 4.95. The van der Waals surface area contributed by atoms with E-state index in [2.05, 4.69) is 5.32 Å². The maximum Gasteiger partial charge on any atom is 0.220 e. The smallest absolute Gasteiger partial charge is 0.220 e. The summed E-state index contributed by atoms with van der Waals surface area (Å²) < 4.78 is 13.2. The molecule has 2 N–H and O–H groups in total. The van der Waals surface area contributed by atoms with E-state index in [-0.39, 0.29) is 23.7 Å². The van der Waals surface area contributed by atoms with Crippen LogP contribution in [0.15, 0.2) is 48.5 Å². The summed E-state index contributed by atoms with van der Waals surface area (Å²) in [6, 6.07) is 13.9. The molecule has 126 valence electrons. The van der Waals surface area contributed by atoms with Crippen molar-refractivity contribution in [2.24, 2.45) is 5.92 Å². The van der Waals surface area contributed by atoms with Crippen molar-refractivity contribution in [3.05, 3.63) is 71.0 Å². The van der Waals surface area contributed by atoms with Crippen LogP contribution in [-0.4, -0.2) is 17.1 Å². The fourth-order valence-electron chi connectivity index (χ4n) is 3.44. The van der Waals surface area contributed by atoms with Crippen LogP contribution in [0, 0.1) is 11.7 Å². The van der Waals surface area contributed by atoms with E-state index < -0.39 is 6.10 Å². The number of carbonyl (C=O) groups excluding carboxylic acids is 1. The average molecular weight is 327 g/mol. The summed E-state index contributed by atoms with van der Waals surface area (Å²) >= 11 is 0. The van der Waals surface area contributed by atoms with Crippen LogP contribution in [0.4, 0.5) is 4.39 Å². The topological polar surface area (TPSA) is 49.3 Å². The minimum atomic E-state index is -0.579. The summed E-state index contributed by atoms with van der Waals surface area (Å²) in [5.74, 6) is -0.241. The first-order valence-corrected chi connectivity index (χ1v) is 8.32. The number of benzene rings is 2. The van der Waals surface area contributed by atoms with Crippen LogP contribution < -0.4 is 5.32 Å². The number of fused-ring (bicyclic) bond motifs is 1. The van der Waals surface area contributed by atoms with E-state index in [1.807, 2.05) is 37.3 Å². The molecular weight excluding hydrogens is 305 g/mol. The molecule has 1 aliphatic carbocycles. The van der Waals surface area contributed by atoms with Crippen LogP contribution >= 0.6 is 0 Å². The Labute approximate surface area is 141 Å². The molecule has 3 nitrogen and oxygen atoms in total. The number of aliphatic hydroxyl groups excluding tert-OH is 1. The van der Waals surface area contributed by atoms with E-state index in [4.69, 9.17) is 0 Å². The maximum absolute atomic E-state index is 13.2. The van der Waals surface area contributed by atoms with Gasteiger partial charge in [-0.25, -0.2) is 4.39 Å². The molecule has 0 saturated heterocycles. The molecule has 1 aliphatic rings. The molecule has 3 unspecified atom stereocenters. The molecular formula is C20H22FNO2. The Morgan fingerprint density at radius 2 is 2.08 bits per heavy atom. The summed E-state index contributed by atoms with van der Waals surface area (Å²) in [6.07, 6.45) is 0.988. The Bertz CT molecular complexity index is 731. The van der Waals surface area contributed by atoms with Gasteiger partial charge in [0.1, 0.15) is 5.82 Å². The van der Waals surface area contributed by atoms with Crippen molar-refractivity contribution in [2.45, 2.75) is 38.3 Å². The molecule has 0 saturated carbocycles. The van der Waals surface area contributed by atoms with Gasteiger partial charge in [-0.15, -0.1) is 0 Å². The number of hydrogen-bond acceptors (Lipinski definition) is 2. The largest absolute Gasteiger partial charge is 0.390 e. The molecule has 3 rings (SSSR count). The molecule has 2 aromatic rings. The van der Waals surface area contributed by atoms with Gasteiger partial charge in [0.05, 0.1) is 12.1 Å². The number of amides is 1. The molecule has 0 spiro atoms. The molecule has 0 aromatic heterocycles. The molecule has 1 amide bonds.